The van der Waals surface area contributed by atoms with Crippen LogP contribution < -0.4 is 4.74 Å². The van der Waals surface area contributed by atoms with E-state index >= 15 is 0 Å². The number of aromatic nitrogens is 3. The highest BCUT2D eigenvalue weighted by Crippen LogP contribution is 2.32. The quantitative estimate of drug-likeness (QED) is 0.443. The number of hydrogen-bond donors (Lipinski definition) is 0. The third kappa shape index (κ3) is 4.04. The van der Waals surface area contributed by atoms with Crippen LogP contribution in [-0.2, 0) is 12.8 Å². The van der Waals surface area contributed by atoms with E-state index in [0.29, 0.717) is 22.2 Å². The van der Waals surface area contributed by atoms with Gasteiger partial charge in [-0.2, -0.15) is 13.2 Å². The highest BCUT2D eigenvalue weighted by molar-refractivity contribution is 7.13. The number of thiazole rings is 1. The fourth-order valence-electron chi connectivity index (χ4n) is 2.41. The molecule has 0 aliphatic carbocycles. The number of rotatable bonds is 5. The van der Waals surface area contributed by atoms with Crippen molar-refractivity contribution in [2.45, 2.75) is 12.8 Å². The second kappa shape index (κ2) is 7.43. The molecule has 2 aromatic heterocycles. The lowest BCUT2D eigenvalue weighted by Gasteiger charge is -2.06. The Morgan fingerprint density at radius 1 is 0.929 bits per heavy atom. The summed E-state index contributed by atoms with van der Waals surface area (Å²) in [6.07, 6.45) is -4.34. The Labute approximate surface area is 161 Å². The average Bonchev–Trinajstić information content (AvgIpc) is 3.36. The van der Waals surface area contributed by atoms with Gasteiger partial charge in [0.1, 0.15) is 11.6 Å². The van der Waals surface area contributed by atoms with Crippen LogP contribution >= 0.6 is 11.3 Å². The molecule has 4 rings (SSSR count). The lowest BCUT2D eigenvalue weighted by atomic mass is 10.1. The number of nitrogens with zero attached hydrogens (tertiary/aromatic N) is 3. The summed E-state index contributed by atoms with van der Waals surface area (Å²) >= 11 is 1.31. The van der Waals surface area contributed by atoms with Crippen molar-refractivity contribution in [3.05, 3.63) is 71.2 Å². The first-order valence-corrected chi connectivity index (χ1v) is 9.01. The van der Waals surface area contributed by atoms with Gasteiger partial charge in [-0.15, -0.1) is 16.4 Å². The lowest BCUT2D eigenvalue weighted by molar-refractivity contribution is -0.137. The van der Waals surface area contributed by atoms with Gasteiger partial charge in [0.25, 0.3) is 5.89 Å². The van der Waals surface area contributed by atoms with Crippen LogP contribution in [0.15, 0.2) is 64.4 Å². The molecule has 4 aromatic rings. The van der Waals surface area contributed by atoms with Crippen molar-refractivity contribution < 1.29 is 22.3 Å². The molecule has 5 nitrogen and oxygen atoms in total. The minimum absolute atomic E-state index is 0.0166. The van der Waals surface area contributed by atoms with Crippen LogP contribution in [0.25, 0.3) is 22.0 Å². The maximum Gasteiger partial charge on any atom is 0.416 e. The van der Waals surface area contributed by atoms with Gasteiger partial charge in [-0.25, -0.2) is 4.98 Å². The van der Waals surface area contributed by atoms with E-state index in [1.165, 1.54) is 23.5 Å². The van der Waals surface area contributed by atoms with Crippen molar-refractivity contribution in [2.75, 3.05) is 0 Å². The van der Waals surface area contributed by atoms with Crippen molar-refractivity contribution in [1.29, 1.82) is 0 Å². The van der Waals surface area contributed by atoms with Crippen molar-refractivity contribution in [1.82, 2.24) is 15.2 Å². The van der Waals surface area contributed by atoms with Gasteiger partial charge >= 0.3 is 12.3 Å². The Bertz CT molecular complexity index is 1060. The molecule has 0 aliphatic heterocycles. The highest BCUT2D eigenvalue weighted by Gasteiger charge is 2.30. The van der Waals surface area contributed by atoms with E-state index in [-0.39, 0.29) is 12.7 Å². The first-order chi connectivity index (χ1) is 13.5. The molecule has 0 amide bonds. The van der Waals surface area contributed by atoms with Gasteiger partial charge in [0.2, 0.25) is 0 Å². The molecule has 0 bridgehead atoms. The van der Waals surface area contributed by atoms with E-state index in [9.17, 15) is 13.2 Å². The largest absolute Gasteiger partial charge is 0.442 e. The second-order valence-electron chi connectivity index (χ2n) is 5.75. The van der Waals surface area contributed by atoms with Gasteiger partial charge in [0.05, 0.1) is 11.3 Å². The number of benzene rings is 2. The van der Waals surface area contributed by atoms with E-state index in [0.717, 1.165) is 17.7 Å². The molecule has 2 aromatic carbocycles. The van der Waals surface area contributed by atoms with Gasteiger partial charge in [-0.3, -0.25) is 0 Å². The van der Waals surface area contributed by atoms with E-state index < -0.39 is 11.7 Å². The SMILES string of the molecule is FC(F)(F)c1ccc(-c2nc(COc3nnc(-c4ccccc4)o3)cs2)cc1. The molecule has 28 heavy (non-hydrogen) atoms. The van der Waals surface area contributed by atoms with Gasteiger partial charge in [0, 0.05) is 16.5 Å². The van der Waals surface area contributed by atoms with Crippen LogP contribution in [0.1, 0.15) is 11.3 Å². The Balaban J connectivity index is 1.41. The van der Waals surface area contributed by atoms with Crippen LogP contribution in [-0.4, -0.2) is 15.2 Å². The summed E-state index contributed by atoms with van der Waals surface area (Å²) in [5, 5.41) is 10.1. The van der Waals surface area contributed by atoms with Crippen LogP contribution in [0.4, 0.5) is 13.2 Å². The molecule has 0 radical (unpaired) electrons. The molecular formula is C19H12F3N3O2S. The molecule has 0 spiro atoms. The summed E-state index contributed by atoms with van der Waals surface area (Å²) in [7, 11) is 0. The summed E-state index contributed by atoms with van der Waals surface area (Å²) in [5.74, 6) is 0.347. The third-order valence-electron chi connectivity index (χ3n) is 3.78. The van der Waals surface area contributed by atoms with Crippen molar-refractivity contribution in [3.8, 4) is 28.1 Å². The summed E-state index contributed by atoms with van der Waals surface area (Å²) in [5.41, 5.74) is 1.30. The van der Waals surface area contributed by atoms with Crippen LogP contribution in [0.5, 0.6) is 6.08 Å². The molecule has 142 valence electrons. The number of hydrogen-bond acceptors (Lipinski definition) is 6. The number of alkyl halides is 3. The van der Waals surface area contributed by atoms with Crippen LogP contribution in [0.2, 0.25) is 0 Å². The molecule has 0 N–H and O–H groups in total. The maximum absolute atomic E-state index is 12.6. The Kier molecular flexibility index (Phi) is 4.82. The van der Waals surface area contributed by atoms with E-state index in [4.69, 9.17) is 9.15 Å². The highest BCUT2D eigenvalue weighted by atomic mass is 32.1. The standard InChI is InChI=1S/C19H12F3N3O2S/c20-19(21,22)14-8-6-13(7-9-14)17-23-15(11-28-17)10-26-18-25-24-16(27-18)12-4-2-1-3-5-12/h1-9,11H,10H2. The van der Waals surface area contributed by atoms with E-state index in [1.807, 2.05) is 30.3 Å². The summed E-state index contributed by atoms with van der Waals surface area (Å²) in [6.45, 7) is 0.105. The molecule has 9 heteroatoms. The third-order valence-corrected chi connectivity index (χ3v) is 4.72. The summed E-state index contributed by atoms with van der Waals surface area (Å²) in [4.78, 5) is 4.37. The zero-order valence-electron chi connectivity index (χ0n) is 14.2. The zero-order valence-corrected chi connectivity index (χ0v) is 15.0. The lowest BCUT2D eigenvalue weighted by Crippen LogP contribution is -2.03. The first-order valence-electron chi connectivity index (χ1n) is 8.13. The smallest absolute Gasteiger partial charge is 0.416 e. The summed E-state index contributed by atoms with van der Waals surface area (Å²) < 4.78 is 48.9. The van der Waals surface area contributed by atoms with E-state index in [2.05, 4.69) is 15.2 Å². The van der Waals surface area contributed by atoms with Crippen molar-refractivity contribution in [3.63, 3.8) is 0 Å². The van der Waals surface area contributed by atoms with Gasteiger partial charge in [0.15, 0.2) is 0 Å². The monoisotopic (exact) mass is 403 g/mol. The molecule has 0 saturated heterocycles. The predicted molar refractivity (Wildman–Crippen MR) is 96.6 cm³/mol. The Morgan fingerprint density at radius 3 is 2.39 bits per heavy atom. The first kappa shape index (κ1) is 18.2. The van der Waals surface area contributed by atoms with Crippen molar-refractivity contribution in [2.24, 2.45) is 0 Å². The normalized spacial score (nSPS) is 11.5. The van der Waals surface area contributed by atoms with Gasteiger partial charge in [-0.1, -0.05) is 35.4 Å². The zero-order chi connectivity index (χ0) is 19.6. The van der Waals surface area contributed by atoms with Crippen LogP contribution in [0.3, 0.4) is 0 Å². The number of ether oxygens (including phenoxy) is 1. The van der Waals surface area contributed by atoms with Crippen LogP contribution in [0, 0.1) is 0 Å². The second-order valence-corrected chi connectivity index (χ2v) is 6.61. The topological polar surface area (TPSA) is 61.0 Å². The number of halogens is 3. The molecule has 0 saturated carbocycles. The Morgan fingerprint density at radius 2 is 1.68 bits per heavy atom. The van der Waals surface area contributed by atoms with Gasteiger partial charge in [-0.05, 0) is 24.3 Å². The average molecular weight is 403 g/mol. The van der Waals surface area contributed by atoms with Gasteiger partial charge < -0.3 is 9.15 Å². The maximum atomic E-state index is 12.6. The van der Waals surface area contributed by atoms with Crippen molar-refractivity contribution >= 4 is 11.3 Å². The summed E-state index contributed by atoms with van der Waals surface area (Å²) in [6, 6.07) is 14.2. The predicted octanol–water partition coefficient (Wildman–Crippen LogP) is 5.46. The minimum atomic E-state index is -4.36. The minimum Gasteiger partial charge on any atom is -0.442 e. The fraction of sp³-hybridized carbons (Fsp3) is 0.105. The fourth-order valence-corrected chi connectivity index (χ4v) is 3.22. The molecule has 0 aliphatic rings. The molecule has 0 atom stereocenters. The molecule has 0 unspecified atom stereocenters. The molecule has 0 fully saturated rings. The molecular weight excluding hydrogens is 391 g/mol. The van der Waals surface area contributed by atoms with E-state index in [1.54, 1.807) is 5.38 Å². The molecule has 2 heterocycles. The Hall–Kier alpha value is -3.20.